The molecule has 19 nitrogen and oxygen atoms in total. The minimum Gasteiger partial charge on any atom is -0.462 e. The summed E-state index contributed by atoms with van der Waals surface area (Å²) in [5.41, 5.74) is 8.69. The zero-order valence-corrected chi connectivity index (χ0v) is 29.3. The first kappa shape index (κ1) is 40.2. The first-order valence-corrected chi connectivity index (χ1v) is 17.4. The number of para-hydroxylation sites is 1. The third kappa shape index (κ3) is 12.9. The van der Waals surface area contributed by atoms with Crippen LogP contribution in [0, 0.1) is 0 Å². The summed E-state index contributed by atoms with van der Waals surface area (Å²) in [6.07, 6.45) is -5.00. The van der Waals surface area contributed by atoms with Crippen molar-refractivity contribution in [1.29, 1.82) is 0 Å². The molecule has 0 radical (unpaired) electrons. The van der Waals surface area contributed by atoms with E-state index < -0.39 is 93.5 Å². The zero-order chi connectivity index (χ0) is 36.8. The predicted molar refractivity (Wildman–Crippen MR) is 172 cm³/mol. The van der Waals surface area contributed by atoms with Crippen molar-refractivity contribution in [3.63, 3.8) is 0 Å². The topological polar surface area (TPSA) is 243 Å². The summed E-state index contributed by atoms with van der Waals surface area (Å²) >= 11 is 0. The van der Waals surface area contributed by atoms with E-state index >= 15 is 0 Å². The van der Waals surface area contributed by atoms with Gasteiger partial charge in [0, 0.05) is 18.8 Å². The molecule has 7 atom stereocenters. The highest BCUT2D eigenvalue weighted by molar-refractivity contribution is 7.52. The van der Waals surface area contributed by atoms with Crippen molar-refractivity contribution >= 4 is 37.5 Å². The molecular weight excluding hydrogens is 683 g/mol. The second kappa shape index (κ2) is 19.2. The molecule has 0 spiro atoms. The zero-order valence-electron chi connectivity index (χ0n) is 28.4. The Hall–Kier alpha value is -4.25. The number of amides is 1. The molecule has 2 fully saturated rings. The minimum absolute atomic E-state index is 0.100. The molecule has 1 aromatic carbocycles. The van der Waals surface area contributed by atoms with Gasteiger partial charge in [0.05, 0.1) is 19.3 Å². The van der Waals surface area contributed by atoms with Crippen LogP contribution in [0.1, 0.15) is 47.5 Å². The number of azide groups is 1. The lowest BCUT2D eigenvalue weighted by atomic mass is 9.96. The van der Waals surface area contributed by atoms with Gasteiger partial charge in [-0.25, -0.2) is 4.57 Å². The summed E-state index contributed by atoms with van der Waals surface area (Å²) in [6, 6.07) is 5.20. The van der Waals surface area contributed by atoms with Crippen molar-refractivity contribution in [1.82, 2.24) is 15.3 Å². The molecule has 2 heterocycles. The number of carbonyl (C=O) groups excluding carboxylic acids is 5. The number of esters is 4. The van der Waals surface area contributed by atoms with Gasteiger partial charge in [-0.1, -0.05) is 23.3 Å². The van der Waals surface area contributed by atoms with Crippen molar-refractivity contribution in [2.45, 2.75) is 90.2 Å². The van der Waals surface area contributed by atoms with Crippen LogP contribution in [-0.4, -0.2) is 110 Å². The summed E-state index contributed by atoms with van der Waals surface area (Å²) in [6.45, 7) is 6.55. The van der Waals surface area contributed by atoms with Gasteiger partial charge in [-0.05, 0) is 64.4 Å². The van der Waals surface area contributed by atoms with E-state index in [1.54, 1.807) is 32.0 Å². The van der Waals surface area contributed by atoms with Gasteiger partial charge in [0.25, 0.3) is 0 Å². The van der Waals surface area contributed by atoms with Crippen molar-refractivity contribution < 1.29 is 61.3 Å². The van der Waals surface area contributed by atoms with Crippen molar-refractivity contribution in [2.24, 2.45) is 5.11 Å². The third-order valence-corrected chi connectivity index (χ3v) is 8.73. The summed E-state index contributed by atoms with van der Waals surface area (Å²) < 4.78 is 53.5. The van der Waals surface area contributed by atoms with E-state index in [9.17, 15) is 28.5 Å². The molecule has 0 bridgehead atoms. The molecule has 276 valence electrons. The van der Waals surface area contributed by atoms with E-state index in [0.717, 1.165) is 26.7 Å². The standard InChI is InChI=1S/C30H43N6O13P/c1-18(2)44-29(41)19(3)34-50(42,49-22-11-7-6-8-12-22)43-17-23-27(45-20(4)37)28(46-21(5)38)26(33-24(39)15-32-35-31)30(47-23)48-25(40)16-36-13-9-10-14-36/h6-8,11-12,18-19,23,26-28,30H,9-10,13-17H2,1-5H3,(H,33,39)(H,34,42)/t19-,23+,26-,27+,28+,30?,50?/m0/s1. The molecular formula is C30H43N6O13P. The summed E-state index contributed by atoms with van der Waals surface area (Å²) in [4.78, 5) is 67.5. The second-order valence-electron chi connectivity index (χ2n) is 11.7. The SMILES string of the molecule is CC(=O)O[C@H]1[C@H](OC(C)=O)[C@@H](COP(=O)(N[C@@H](C)C(=O)OC(C)C)Oc2ccccc2)OC(OC(=O)CN2CCCC2)[C@H]1NC(=O)CN=[N+]=[N-]. The van der Waals surface area contributed by atoms with Gasteiger partial charge >= 0.3 is 31.6 Å². The smallest absolute Gasteiger partial charge is 0.459 e. The van der Waals surface area contributed by atoms with Gasteiger partial charge in [0.1, 0.15) is 30.5 Å². The van der Waals surface area contributed by atoms with Crippen LogP contribution in [0.3, 0.4) is 0 Å². The third-order valence-electron chi connectivity index (χ3n) is 7.09. The number of nitrogens with zero attached hydrogens (tertiary/aromatic N) is 4. The Morgan fingerprint density at radius 1 is 1.02 bits per heavy atom. The van der Waals surface area contributed by atoms with Crippen molar-refractivity contribution in [2.75, 3.05) is 32.8 Å². The Labute approximate surface area is 288 Å². The predicted octanol–water partition coefficient (Wildman–Crippen LogP) is 2.14. The minimum atomic E-state index is -4.50. The fraction of sp³-hybridized carbons (Fsp3) is 0.633. The van der Waals surface area contributed by atoms with Crippen LogP contribution in [-0.2, 0) is 56.7 Å². The van der Waals surface area contributed by atoms with Gasteiger partial charge in [-0.2, -0.15) is 5.09 Å². The van der Waals surface area contributed by atoms with Gasteiger partial charge < -0.3 is 33.5 Å². The molecule has 0 aromatic heterocycles. The van der Waals surface area contributed by atoms with Crippen molar-refractivity contribution in [3.05, 3.63) is 40.8 Å². The Kier molecular flexibility index (Phi) is 15.4. The number of likely N-dealkylation sites (tertiary alicyclic amines) is 1. The Balaban J connectivity index is 1.98. The van der Waals surface area contributed by atoms with Gasteiger partial charge in [-0.3, -0.25) is 33.4 Å². The molecule has 0 saturated carbocycles. The largest absolute Gasteiger partial charge is 0.462 e. The molecule has 2 aliphatic rings. The second-order valence-corrected chi connectivity index (χ2v) is 13.4. The first-order chi connectivity index (χ1) is 23.7. The van der Waals surface area contributed by atoms with E-state index in [1.165, 1.54) is 19.1 Å². The fourth-order valence-corrected chi connectivity index (χ4v) is 6.58. The monoisotopic (exact) mass is 726 g/mol. The maximum absolute atomic E-state index is 14.2. The van der Waals surface area contributed by atoms with Crippen LogP contribution < -0.4 is 14.9 Å². The summed E-state index contributed by atoms with van der Waals surface area (Å²) in [5, 5.41) is 8.21. The van der Waals surface area contributed by atoms with Gasteiger partial charge in [0.2, 0.25) is 12.2 Å². The van der Waals surface area contributed by atoms with Crippen LogP contribution in [0.25, 0.3) is 10.4 Å². The Morgan fingerprint density at radius 2 is 1.66 bits per heavy atom. The Bertz CT molecular complexity index is 1440. The fourth-order valence-electron chi connectivity index (χ4n) is 5.08. The summed E-state index contributed by atoms with van der Waals surface area (Å²) in [5.74, 6) is -4.01. The average molecular weight is 727 g/mol. The maximum atomic E-state index is 14.2. The number of hydrogen-bond donors (Lipinski definition) is 2. The molecule has 0 aliphatic carbocycles. The number of rotatable bonds is 17. The molecule has 2 unspecified atom stereocenters. The molecule has 50 heavy (non-hydrogen) atoms. The Morgan fingerprint density at radius 3 is 2.26 bits per heavy atom. The lowest BCUT2D eigenvalue weighted by molar-refractivity contribution is -0.269. The van der Waals surface area contributed by atoms with Crippen LogP contribution in [0.15, 0.2) is 35.4 Å². The lowest BCUT2D eigenvalue weighted by Crippen LogP contribution is -2.67. The van der Waals surface area contributed by atoms with Gasteiger partial charge in [-0.15, -0.1) is 0 Å². The average Bonchev–Trinajstić information content (AvgIpc) is 3.54. The molecule has 2 saturated heterocycles. The van der Waals surface area contributed by atoms with Crippen LogP contribution in [0.5, 0.6) is 5.75 Å². The molecule has 3 rings (SSSR count). The highest BCUT2D eigenvalue weighted by atomic mass is 31.2. The summed E-state index contributed by atoms with van der Waals surface area (Å²) in [7, 11) is -4.50. The van der Waals surface area contributed by atoms with Crippen LogP contribution in [0.4, 0.5) is 0 Å². The molecule has 2 aliphatic heterocycles. The van der Waals surface area contributed by atoms with Crippen molar-refractivity contribution in [3.8, 4) is 5.75 Å². The van der Waals surface area contributed by atoms with Crippen LogP contribution in [0.2, 0.25) is 0 Å². The normalized spacial score (nSPS) is 23.8. The van der Waals surface area contributed by atoms with Gasteiger partial charge in [0.15, 0.2) is 12.2 Å². The highest BCUT2D eigenvalue weighted by Crippen LogP contribution is 2.46. The number of hydrogen-bond acceptors (Lipinski definition) is 15. The number of benzene rings is 1. The van der Waals surface area contributed by atoms with E-state index in [0.29, 0.717) is 13.1 Å². The lowest BCUT2D eigenvalue weighted by Gasteiger charge is -2.44. The number of ether oxygens (including phenoxy) is 5. The molecule has 20 heteroatoms. The van der Waals surface area contributed by atoms with E-state index in [-0.39, 0.29) is 12.3 Å². The highest BCUT2D eigenvalue weighted by Gasteiger charge is 2.53. The number of nitrogens with one attached hydrogen (secondary N) is 2. The first-order valence-electron chi connectivity index (χ1n) is 15.9. The molecule has 2 N–H and O–H groups in total. The maximum Gasteiger partial charge on any atom is 0.459 e. The number of carbonyl (C=O) groups is 5. The van der Waals surface area contributed by atoms with E-state index in [2.05, 4.69) is 20.4 Å². The van der Waals surface area contributed by atoms with E-state index in [1.807, 2.05) is 4.90 Å². The van der Waals surface area contributed by atoms with Crippen LogP contribution >= 0.6 is 7.75 Å². The molecule has 1 amide bonds. The molecule has 1 aromatic rings. The quantitative estimate of drug-likeness (QED) is 0.0583. The van der Waals surface area contributed by atoms with E-state index in [4.69, 9.17) is 38.3 Å².